The molecule has 102 valence electrons. The van der Waals surface area contributed by atoms with E-state index in [1.165, 1.54) is 0 Å². The Bertz CT molecular complexity index is 726. The van der Waals surface area contributed by atoms with E-state index in [0.717, 1.165) is 28.0 Å². The number of aromatic nitrogens is 2. The van der Waals surface area contributed by atoms with Gasteiger partial charge in [0.25, 0.3) is 0 Å². The van der Waals surface area contributed by atoms with Crippen LogP contribution in [-0.4, -0.2) is 30.0 Å². The van der Waals surface area contributed by atoms with Crippen LogP contribution in [0.5, 0.6) is 5.75 Å². The SMILES string of the molecule is COc1ccccc1C(C)Nc1cccc2n[se]nc12. The van der Waals surface area contributed by atoms with Crippen LogP contribution < -0.4 is 10.1 Å². The molecular weight excluding hydrogens is 317 g/mol. The van der Waals surface area contributed by atoms with E-state index < -0.39 is 0 Å². The molecule has 0 bridgehead atoms. The number of para-hydroxylation sites is 1. The second kappa shape index (κ2) is 5.65. The summed E-state index contributed by atoms with van der Waals surface area (Å²) in [5, 5.41) is 3.51. The Morgan fingerprint density at radius 1 is 1.10 bits per heavy atom. The fourth-order valence-electron chi connectivity index (χ4n) is 2.26. The molecule has 3 rings (SSSR count). The van der Waals surface area contributed by atoms with Crippen LogP contribution in [0, 0.1) is 0 Å². The maximum atomic E-state index is 5.42. The molecule has 0 saturated carbocycles. The van der Waals surface area contributed by atoms with Crippen molar-refractivity contribution in [2.45, 2.75) is 13.0 Å². The summed E-state index contributed by atoms with van der Waals surface area (Å²) in [5.74, 6) is 0.894. The van der Waals surface area contributed by atoms with E-state index in [1.807, 2.05) is 36.4 Å². The van der Waals surface area contributed by atoms with Crippen LogP contribution in [0.3, 0.4) is 0 Å². The summed E-state index contributed by atoms with van der Waals surface area (Å²) in [5.41, 5.74) is 4.13. The van der Waals surface area contributed by atoms with Gasteiger partial charge in [-0.1, -0.05) is 0 Å². The van der Waals surface area contributed by atoms with Crippen LogP contribution in [0.15, 0.2) is 42.5 Å². The third-order valence-electron chi connectivity index (χ3n) is 3.26. The molecule has 2 aromatic carbocycles. The van der Waals surface area contributed by atoms with E-state index in [9.17, 15) is 0 Å². The van der Waals surface area contributed by atoms with Crippen molar-refractivity contribution >= 4 is 31.7 Å². The Hall–Kier alpha value is -1.84. The zero-order valence-corrected chi connectivity index (χ0v) is 13.0. The topological polar surface area (TPSA) is 47.0 Å². The van der Waals surface area contributed by atoms with Crippen LogP contribution in [-0.2, 0) is 0 Å². The van der Waals surface area contributed by atoms with Gasteiger partial charge in [0.1, 0.15) is 0 Å². The summed E-state index contributed by atoms with van der Waals surface area (Å²) in [4.78, 5) is 0. The zero-order chi connectivity index (χ0) is 13.9. The van der Waals surface area contributed by atoms with Gasteiger partial charge in [0.15, 0.2) is 0 Å². The van der Waals surface area contributed by atoms with Gasteiger partial charge in [-0.3, -0.25) is 0 Å². The number of benzene rings is 2. The number of hydrogen-bond acceptors (Lipinski definition) is 4. The summed E-state index contributed by atoms with van der Waals surface area (Å²) < 4.78 is 14.3. The molecule has 0 spiro atoms. The fraction of sp³-hybridized carbons (Fsp3) is 0.200. The number of anilines is 1. The van der Waals surface area contributed by atoms with Gasteiger partial charge < -0.3 is 0 Å². The predicted octanol–water partition coefficient (Wildman–Crippen LogP) is 2.87. The molecule has 1 unspecified atom stereocenters. The number of hydrogen-bond donors (Lipinski definition) is 1. The molecule has 0 fully saturated rings. The summed E-state index contributed by atoms with van der Waals surface area (Å²) in [7, 11) is 1.70. The molecular formula is C15H15N3OSe. The van der Waals surface area contributed by atoms with Gasteiger partial charge in [-0.25, -0.2) is 0 Å². The van der Waals surface area contributed by atoms with Crippen molar-refractivity contribution < 1.29 is 4.74 Å². The first-order valence-electron chi connectivity index (χ1n) is 6.40. The molecule has 0 radical (unpaired) electrons. The first kappa shape index (κ1) is 13.2. The van der Waals surface area contributed by atoms with Crippen molar-refractivity contribution in [2.75, 3.05) is 12.4 Å². The van der Waals surface area contributed by atoms with Crippen molar-refractivity contribution in [1.29, 1.82) is 0 Å². The standard InChI is InChI=1S/C15H15N3OSe/c1-10(11-6-3-4-9-14(11)19-2)16-12-7-5-8-13-15(12)18-20-17-13/h3-10,16H,1-2H3. The molecule has 0 aliphatic rings. The summed E-state index contributed by atoms with van der Waals surface area (Å²) in [6.45, 7) is 2.12. The Morgan fingerprint density at radius 3 is 2.80 bits per heavy atom. The molecule has 0 saturated heterocycles. The molecule has 20 heavy (non-hydrogen) atoms. The van der Waals surface area contributed by atoms with Gasteiger partial charge in [0, 0.05) is 0 Å². The normalized spacial score (nSPS) is 12.3. The Kier molecular flexibility index (Phi) is 3.72. The van der Waals surface area contributed by atoms with E-state index >= 15 is 0 Å². The van der Waals surface area contributed by atoms with Crippen molar-refractivity contribution in [2.24, 2.45) is 0 Å². The molecule has 1 N–H and O–H groups in total. The molecule has 1 aromatic heterocycles. The average Bonchev–Trinajstić information content (AvgIpc) is 2.96. The molecule has 0 amide bonds. The number of ether oxygens (including phenoxy) is 1. The minimum absolute atomic E-state index is 0.00616. The quantitative estimate of drug-likeness (QED) is 0.747. The molecule has 5 heteroatoms. The fourth-order valence-corrected chi connectivity index (χ4v) is 3.41. The molecule has 1 heterocycles. The Morgan fingerprint density at radius 2 is 1.95 bits per heavy atom. The van der Waals surface area contributed by atoms with E-state index in [1.54, 1.807) is 7.11 Å². The average molecular weight is 332 g/mol. The molecule has 0 aliphatic heterocycles. The van der Waals surface area contributed by atoms with Gasteiger partial charge in [-0.05, 0) is 0 Å². The van der Waals surface area contributed by atoms with Crippen molar-refractivity contribution in [1.82, 2.24) is 7.96 Å². The molecule has 3 aromatic rings. The van der Waals surface area contributed by atoms with E-state index in [0.29, 0.717) is 0 Å². The first-order chi connectivity index (χ1) is 9.79. The van der Waals surface area contributed by atoms with Crippen LogP contribution in [0.1, 0.15) is 18.5 Å². The number of methoxy groups -OCH3 is 1. The summed E-state index contributed by atoms with van der Waals surface area (Å²) in [6, 6.07) is 14.3. The monoisotopic (exact) mass is 333 g/mol. The van der Waals surface area contributed by atoms with Crippen LogP contribution >= 0.6 is 0 Å². The van der Waals surface area contributed by atoms with Crippen molar-refractivity contribution in [3.63, 3.8) is 0 Å². The maximum absolute atomic E-state index is 5.42. The predicted molar refractivity (Wildman–Crippen MR) is 81.5 cm³/mol. The minimum atomic E-state index is -0.00616. The molecule has 4 nitrogen and oxygen atoms in total. The molecule has 0 aliphatic carbocycles. The van der Waals surface area contributed by atoms with E-state index in [-0.39, 0.29) is 21.0 Å². The van der Waals surface area contributed by atoms with Gasteiger partial charge in [0.2, 0.25) is 0 Å². The third-order valence-corrected chi connectivity index (χ3v) is 4.40. The van der Waals surface area contributed by atoms with Gasteiger partial charge in [0.05, 0.1) is 0 Å². The van der Waals surface area contributed by atoms with E-state index in [4.69, 9.17) is 4.74 Å². The number of nitrogens with zero attached hydrogens (tertiary/aromatic N) is 2. The molecule has 1 atom stereocenters. The van der Waals surface area contributed by atoms with Gasteiger partial charge in [-0.2, -0.15) is 0 Å². The van der Waals surface area contributed by atoms with E-state index in [2.05, 4.69) is 26.3 Å². The zero-order valence-electron chi connectivity index (χ0n) is 11.3. The third kappa shape index (κ3) is 2.42. The van der Waals surface area contributed by atoms with Gasteiger partial charge in [-0.15, -0.1) is 0 Å². The van der Waals surface area contributed by atoms with Gasteiger partial charge >= 0.3 is 124 Å². The summed E-state index contributed by atoms with van der Waals surface area (Å²) in [6.07, 6.45) is 0. The van der Waals surface area contributed by atoms with Crippen molar-refractivity contribution in [3.05, 3.63) is 48.0 Å². The summed E-state index contributed by atoms with van der Waals surface area (Å²) >= 11 is -0.00616. The first-order valence-corrected chi connectivity index (χ1v) is 7.93. The Labute approximate surface area is 124 Å². The van der Waals surface area contributed by atoms with Crippen LogP contribution in [0.2, 0.25) is 0 Å². The van der Waals surface area contributed by atoms with Crippen LogP contribution in [0.4, 0.5) is 5.69 Å². The number of nitrogens with one attached hydrogen (secondary N) is 1. The van der Waals surface area contributed by atoms with Crippen LogP contribution in [0.25, 0.3) is 11.0 Å². The Balaban J connectivity index is 1.92. The second-order valence-electron chi connectivity index (χ2n) is 4.55. The second-order valence-corrected chi connectivity index (χ2v) is 5.65. The van der Waals surface area contributed by atoms with Crippen molar-refractivity contribution in [3.8, 4) is 5.75 Å². The number of rotatable bonds is 4. The number of fused-ring (bicyclic) bond motifs is 1.